The molecule has 1 fully saturated rings. The van der Waals surface area contributed by atoms with E-state index in [1.807, 2.05) is 36.4 Å². The third-order valence-electron chi connectivity index (χ3n) is 5.68. The fourth-order valence-electron chi connectivity index (χ4n) is 4.19. The Bertz CT molecular complexity index is 1110. The zero-order valence-electron chi connectivity index (χ0n) is 16.6. The number of hydrogen-bond donors (Lipinski definition) is 2. The van der Waals surface area contributed by atoms with E-state index in [1.54, 1.807) is 18.2 Å². The lowest BCUT2D eigenvalue weighted by molar-refractivity contribution is 0.0700. The van der Waals surface area contributed by atoms with Crippen LogP contribution in [0.1, 0.15) is 44.4 Å². The number of ketones is 1. The predicted molar refractivity (Wildman–Crippen MR) is 126 cm³/mol. The van der Waals surface area contributed by atoms with Gasteiger partial charge < -0.3 is 10.4 Å². The number of halogens is 2. The SMILES string of the molecule is O=C(O)c1sc(-c2ccccc2)cc1C(C(=O)c1ccc(Cl)cc1Cl)C1CCNCC1. The second-order valence-electron chi connectivity index (χ2n) is 7.62. The van der Waals surface area contributed by atoms with Gasteiger partial charge in [0.25, 0.3) is 0 Å². The van der Waals surface area contributed by atoms with E-state index in [0.717, 1.165) is 36.4 Å². The van der Waals surface area contributed by atoms with Crippen molar-refractivity contribution < 1.29 is 14.7 Å². The molecule has 1 unspecified atom stereocenters. The van der Waals surface area contributed by atoms with Gasteiger partial charge in [0.05, 0.1) is 10.9 Å². The Kier molecular flexibility index (Phi) is 6.77. The van der Waals surface area contributed by atoms with E-state index < -0.39 is 11.9 Å². The van der Waals surface area contributed by atoms with Crippen LogP contribution in [-0.4, -0.2) is 29.9 Å². The van der Waals surface area contributed by atoms with Crippen LogP contribution in [0.15, 0.2) is 54.6 Å². The minimum atomic E-state index is -1.02. The Morgan fingerprint density at radius 2 is 1.74 bits per heavy atom. The summed E-state index contributed by atoms with van der Waals surface area (Å²) in [6, 6.07) is 16.3. The maximum absolute atomic E-state index is 13.8. The largest absolute Gasteiger partial charge is 0.477 e. The molecule has 0 spiro atoms. The molecule has 2 N–H and O–H groups in total. The molecule has 31 heavy (non-hydrogen) atoms. The first-order valence-corrected chi connectivity index (χ1v) is 11.7. The molecule has 1 atom stereocenters. The number of carbonyl (C=O) groups is 2. The summed E-state index contributed by atoms with van der Waals surface area (Å²) in [5.74, 6) is -1.73. The lowest BCUT2D eigenvalue weighted by Gasteiger charge is -2.30. The maximum Gasteiger partial charge on any atom is 0.346 e. The first kappa shape index (κ1) is 22.0. The highest BCUT2D eigenvalue weighted by Gasteiger charge is 2.36. The van der Waals surface area contributed by atoms with Gasteiger partial charge in [-0.2, -0.15) is 0 Å². The van der Waals surface area contributed by atoms with E-state index in [2.05, 4.69) is 5.32 Å². The quantitative estimate of drug-likeness (QED) is 0.407. The zero-order valence-corrected chi connectivity index (χ0v) is 18.9. The minimum absolute atomic E-state index is 0.0248. The summed E-state index contributed by atoms with van der Waals surface area (Å²) >= 11 is 13.6. The van der Waals surface area contributed by atoms with Crippen LogP contribution in [0.5, 0.6) is 0 Å². The van der Waals surface area contributed by atoms with Crippen molar-refractivity contribution in [2.24, 2.45) is 5.92 Å². The molecule has 0 amide bonds. The molecule has 2 aromatic carbocycles. The van der Waals surface area contributed by atoms with Crippen molar-refractivity contribution in [3.8, 4) is 10.4 Å². The van der Waals surface area contributed by atoms with Crippen molar-refractivity contribution in [1.82, 2.24) is 5.32 Å². The van der Waals surface area contributed by atoms with Crippen molar-refractivity contribution >= 4 is 46.3 Å². The van der Waals surface area contributed by atoms with E-state index in [1.165, 1.54) is 11.3 Å². The van der Waals surface area contributed by atoms with E-state index in [4.69, 9.17) is 23.2 Å². The van der Waals surface area contributed by atoms with Gasteiger partial charge >= 0.3 is 5.97 Å². The summed E-state index contributed by atoms with van der Waals surface area (Å²) in [7, 11) is 0. The number of rotatable bonds is 6. The van der Waals surface area contributed by atoms with Crippen LogP contribution >= 0.6 is 34.5 Å². The topological polar surface area (TPSA) is 66.4 Å². The van der Waals surface area contributed by atoms with Gasteiger partial charge in [0.15, 0.2) is 5.78 Å². The third-order valence-corrected chi connectivity index (χ3v) is 7.42. The van der Waals surface area contributed by atoms with Gasteiger partial charge in [-0.3, -0.25) is 4.79 Å². The molecule has 2 heterocycles. The number of benzene rings is 2. The van der Waals surface area contributed by atoms with E-state index >= 15 is 0 Å². The van der Waals surface area contributed by atoms with Crippen LogP contribution < -0.4 is 5.32 Å². The molecule has 0 aliphatic carbocycles. The lowest BCUT2D eigenvalue weighted by atomic mass is 9.76. The Morgan fingerprint density at radius 3 is 2.39 bits per heavy atom. The minimum Gasteiger partial charge on any atom is -0.477 e. The van der Waals surface area contributed by atoms with Crippen LogP contribution in [0.2, 0.25) is 10.0 Å². The van der Waals surface area contributed by atoms with E-state index in [0.29, 0.717) is 16.1 Å². The average Bonchev–Trinajstić information content (AvgIpc) is 3.20. The third kappa shape index (κ3) is 4.70. The van der Waals surface area contributed by atoms with Gasteiger partial charge in [0, 0.05) is 15.5 Å². The lowest BCUT2D eigenvalue weighted by Crippen LogP contribution is -2.34. The smallest absolute Gasteiger partial charge is 0.346 e. The normalized spacial score (nSPS) is 15.5. The molecule has 7 heteroatoms. The van der Waals surface area contributed by atoms with Gasteiger partial charge in [-0.05, 0) is 67.2 Å². The van der Waals surface area contributed by atoms with Gasteiger partial charge in [0.1, 0.15) is 4.88 Å². The second kappa shape index (κ2) is 9.53. The highest BCUT2D eigenvalue weighted by atomic mass is 35.5. The van der Waals surface area contributed by atoms with Crippen molar-refractivity contribution in [2.75, 3.05) is 13.1 Å². The number of nitrogens with one attached hydrogen (secondary N) is 1. The molecule has 3 aromatic rings. The standard InChI is InChI=1S/C24H21Cl2NO3S/c25-16-6-7-17(19(26)12-16)22(28)21(15-8-10-27-11-9-15)18-13-20(31-23(18)24(29)30)14-4-2-1-3-5-14/h1-7,12-13,15,21,27H,8-11H2,(H,29,30). The number of hydrogen-bond acceptors (Lipinski definition) is 4. The number of Topliss-reactive ketones (excluding diaryl/α,β-unsaturated/α-hetero) is 1. The summed E-state index contributed by atoms with van der Waals surface area (Å²) in [5.41, 5.74) is 1.87. The molecule has 4 nitrogen and oxygen atoms in total. The number of carbonyl (C=O) groups excluding carboxylic acids is 1. The van der Waals surface area contributed by atoms with Crippen molar-refractivity contribution in [3.63, 3.8) is 0 Å². The Balaban J connectivity index is 1.84. The number of aromatic carboxylic acids is 1. The molecule has 0 bridgehead atoms. The number of carboxylic acid groups (broad SMARTS) is 1. The Labute approximate surface area is 194 Å². The van der Waals surface area contributed by atoms with Crippen LogP contribution in [0.3, 0.4) is 0 Å². The predicted octanol–water partition coefficient (Wildman–Crippen LogP) is 6.39. The highest BCUT2D eigenvalue weighted by molar-refractivity contribution is 7.17. The number of thiophene rings is 1. The van der Waals surface area contributed by atoms with Crippen LogP contribution in [0.4, 0.5) is 0 Å². The molecule has 4 rings (SSSR count). The molecule has 1 aliphatic heterocycles. The molecular formula is C24H21Cl2NO3S. The van der Waals surface area contributed by atoms with Gasteiger partial charge in [-0.1, -0.05) is 53.5 Å². The van der Waals surface area contributed by atoms with Crippen molar-refractivity contribution in [2.45, 2.75) is 18.8 Å². The van der Waals surface area contributed by atoms with Gasteiger partial charge in [-0.15, -0.1) is 11.3 Å². The molecule has 1 aliphatic rings. The fraction of sp³-hybridized carbons (Fsp3) is 0.250. The highest BCUT2D eigenvalue weighted by Crippen LogP contribution is 2.42. The van der Waals surface area contributed by atoms with Gasteiger partial charge in [0.2, 0.25) is 0 Å². The number of piperidine rings is 1. The molecule has 1 saturated heterocycles. The first-order valence-electron chi connectivity index (χ1n) is 10.1. The molecule has 1 aromatic heterocycles. The summed E-state index contributed by atoms with van der Waals surface area (Å²) in [6.07, 6.45) is 1.58. The maximum atomic E-state index is 13.8. The molecular weight excluding hydrogens is 453 g/mol. The van der Waals surface area contributed by atoms with E-state index in [-0.39, 0.29) is 21.6 Å². The molecule has 160 valence electrons. The number of carboxylic acids is 1. The second-order valence-corrected chi connectivity index (χ2v) is 9.52. The molecule has 0 saturated carbocycles. The summed E-state index contributed by atoms with van der Waals surface area (Å²) in [5, 5.41) is 14.0. The van der Waals surface area contributed by atoms with Crippen LogP contribution in [-0.2, 0) is 0 Å². The van der Waals surface area contributed by atoms with Crippen molar-refractivity contribution in [1.29, 1.82) is 0 Å². The first-order chi connectivity index (χ1) is 15.0. The van der Waals surface area contributed by atoms with Crippen LogP contribution in [0.25, 0.3) is 10.4 Å². The van der Waals surface area contributed by atoms with E-state index in [9.17, 15) is 14.7 Å². The Morgan fingerprint density at radius 1 is 1.03 bits per heavy atom. The Hall–Kier alpha value is -2.18. The fourth-order valence-corrected chi connectivity index (χ4v) is 5.74. The summed E-state index contributed by atoms with van der Waals surface area (Å²) < 4.78 is 0. The summed E-state index contributed by atoms with van der Waals surface area (Å²) in [4.78, 5) is 27.0. The van der Waals surface area contributed by atoms with Gasteiger partial charge in [-0.25, -0.2) is 4.79 Å². The average molecular weight is 474 g/mol. The summed E-state index contributed by atoms with van der Waals surface area (Å²) in [6.45, 7) is 1.59. The zero-order chi connectivity index (χ0) is 22.0. The molecule has 0 radical (unpaired) electrons. The van der Waals surface area contributed by atoms with Crippen molar-refractivity contribution in [3.05, 3.63) is 80.6 Å². The van der Waals surface area contributed by atoms with Crippen LogP contribution in [0, 0.1) is 5.92 Å². The monoisotopic (exact) mass is 473 g/mol.